The number of thiazole rings is 1. The van der Waals surface area contributed by atoms with E-state index < -0.39 is 15.9 Å². The lowest BCUT2D eigenvalue weighted by Gasteiger charge is -2.17. The Morgan fingerprint density at radius 2 is 1.60 bits per heavy atom. The number of carbonyl (C=O) groups is 1. The number of benzene rings is 3. The molecule has 3 aromatic carbocycles. The van der Waals surface area contributed by atoms with E-state index in [1.54, 1.807) is 31.4 Å². The van der Waals surface area contributed by atoms with Crippen molar-refractivity contribution in [1.29, 1.82) is 0 Å². The molecule has 0 saturated carbocycles. The van der Waals surface area contributed by atoms with Gasteiger partial charge < -0.3 is 18.9 Å². The molecule has 1 saturated heterocycles. The van der Waals surface area contributed by atoms with Gasteiger partial charge in [-0.1, -0.05) is 11.3 Å². The van der Waals surface area contributed by atoms with Gasteiger partial charge in [0.15, 0.2) is 11.5 Å². The number of rotatable bonds is 10. The second-order valence-corrected chi connectivity index (χ2v) is 12.2. The zero-order chi connectivity index (χ0) is 29.9. The number of aromatic nitrogens is 1. The number of nitrogens with zero attached hydrogens (tertiary/aromatic N) is 4. The van der Waals surface area contributed by atoms with Crippen LogP contribution in [0.15, 0.2) is 64.6 Å². The topological polar surface area (TPSA) is 120 Å². The van der Waals surface area contributed by atoms with Crippen molar-refractivity contribution in [1.82, 2.24) is 9.29 Å². The fourth-order valence-corrected chi connectivity index (χ4v) is 7.04. The standard InChI is InChI=1S/C29H30N4O7S2/c1-37-21-9-12-23-26(17-21)41-29(31-23)33(30-18-19-15-24(38-2)27(40-4)25(16-19)39-3)28(34)20-7-10-22(11-8-20)42(35,36)32-13-5-6-14-32/h7-12,15-18H,5-6,13-14H2,1-4H3/b30-18+. The summed E-state index contributed by atoms with van der Waals surface area (Å²) in [7, 11) is 2.49. The third kappa shape index (κ3) is 5.75. The lowest BCUT2D eigenvalue weighted by atomic mass is 10.2. The van der Waals surface area contributed by atoms with E-state index in [-0.39, 0.29) is 10.5 Å². The van der Waals surface area contributed by atoms with Gasteiger partial charge in [-0.2, -0.15) is 14.4 Å². The number of anilines is 1. The van der Waals surface area contributed by atoms with E-state index in [0.717, 1.165) is 17.5 Å². The first-order valence-electron chi connectivity index (χ1n) is 13.0. The van der Waals surface area contributed by atoms with Gasteiger partial charge in [-0.15, -0.1) is 0 Å². The van der Waals surface area contributed by atoms with Gasteiger partial charge >= 0.3 is 0 Å². The Labute approximate surface area is 247 Å². The molecule has 42 heavy (non-hydrogen) atoms. The van der Waals surface area contributed by atoms with Crippen molar-refractivity contribution < 1.29 is 32.2 Å². The number of hydrazone groups is 1. The lowest BCUT2D eigenvalue weighted by molar-refractivity contribution is 0.0987. The van der Waals surface area contributed by atoms with Crippen LogP contribution in [0.2, 0.25) is 0 Å². The maximum absolute atomic E-state index is 13.9. The second kappa shape index (κ2) is 12.3. The Morgan fingerprint density at radius 3 is 2.19 bits per heavy atom. The van der Waals surface area contributed by atoms with Gasteiger partial charge in [0.1, 0.15) is 5.75 Å². The third-order valence-corrected chi connectivity index (χ3v) is 9.68. The van der Waals surface area contributed by atoms with E-state index in [9.17, 15) is 13.2 Å². The summed E-state index contributed by atoms with van der Waals surface area (Å²) in [5.41, 5.74) is 1.50. The maximum atomic E-state index is 13.9. The van der Waals surface area contributed by atoms with Crippen LogP contribution < -0.4 is 24.0 Å². The minimum atomic E-state index is -3.62. The fraction of sp³-hybridized carbons (Fsp3) is 0.276. The number of fused-ring (bicyclic) bond motifs is 1. The number of sulfonamides is 1. The summed E-state index contributed by atoms with van der Waals surface area (Å²) < 4.78 is 49.9. The minimum absolute atomic E-state index is 0.139. The fourth-order valence-electron chi connectivity index (χ4n) is 4.57. The van der Waals surface area contributed by atoms with Crippen molar-refractivity contribution >= 4 is 48.8 Å². The van der Waals surface area contributed by atoms with Crippen LogP contribution in [0.1, 0.15) is 28.8 Å². The van der Waals surface area contributed by atoms with E-state index in [1.807, 2.05) is 6.07 Å². The van der Waals surface area contributed by atoms with E-state index in [4.69, 9.17) is 18.9 Å². The van der Waals surface area contributed by atoms with Crippen molar-refractivity contribution in [2.45, 2.75) is 17.7 Å². The summed E-state index contributed by atoms with van der Waals surface area (Å²) in [6.07, 6.45) is 3.16. The Hall–Kier alpha value is -4.20. The Morgan fingerprint density at radius 1 is 0.929 bits per heavy atom. The van der Waals surface area contributed by atoms with E-state index in [2.05, 4.69) is 10.1 Å². The van der Waals surface area contributed by atoms with Gasteiger partial charge in [-0.05, 0) is 67.4 Å². The Kier molecular flexibility index (Phi) is 8.61. The normalized spacial score (nSPS) is 13.9. The molecule has 11 nitrogen and oxygen atoms in total. The molecule has 4 aromatic rings. The number of hydrogen-bond donors (Lipinski definition) is 0. The summed E-state index contributed by atoms with van der Waals surface area (Å²) in [6, 6.07) is 14.7. The van der Waals surface area contributed by atoms with Crippen molar-refractivity contribution in [2.24, 2.45) is 5.10 Å². The molecule has 1 aliphatic heterocycles. The number of ether oxygens (including phenoxy) is 4. The van der Waals surface area contributed by atoms with Crippen molar-refractivity contribution in [3.05, 3.63) is 65.7 Å². The number of amides is 1. The first-order chi connectivity index (χ1) is 20.3. The number of methoxy groups -OCH3 is 4. The average molecular weight is 611 g/mol. The zero-order valence-electron chi connectivity index (χ0n) is 23.6. The molecule has 0 unspecified atom stereocenters. The van der Waals surface area contributed by atoms with Crippen molar-refractivity contribution in [2.75, 3.05) is 46.5 Å². The van der Waals surface area contributed by atoms with Gasteiger partial charge in [0.05, 0.1) is 49.8 Å². The zero-order valence-corrected chi connectivity index (χ0v) is 25.2. The molecule has 0 bridgehead atoms. The molecule has 1 aromatic heterocycles. The lowest BCUT2D eigenvalue weighted by Crippen LogP contribution is -2.28. The van der Waals surface area contributed by atoms with Crippen LogP contribution in [0.5, 0.6) is 23.0 Å². The predicted molar refractivity (Wildman–Crippen MR) is 161 cm³/mol. The van der Waals surface area contributed by atoms with Gasteiger partial charge in [-0.3, -0.25) is 4.79 Å². The molecule has 220 valence electrons. The highest BCUT2D eigenvalue weighted by Gasteiger charge is 2.28. The van der Waals surface area contributed by atoms with Gasteiger partial charge in [0.2, 0.25) is 20.9 Å². The highest BCUT2D eigenvalue weighted by Crippen LogP contribution is 2.38. The summed E-state index contributed by atoms with van der Waals surface area (Å²) >= 11 is 1.27. The number of carbonyl (C=O) groups excluding carboxylic acids is 1. The molecule has 1 amide bonds. The van der Waals surface area contributed by atoms with Crippen LogP contribution in [0.25, 0.3) is 10.2 Å². The first-order valence-corrected chi connectivity index (χ1v) is 15.3. The maximum Gasteiger partial charge on any atom is 0.280 e. The molecule has 0 spiro atoms. The minimum Gasteiger partial charge on any atom is -0.497 e. The van der Waals surface area contributed by atoms with Crippen molar-refractivity contribution in [3.8, 4) is 23.0 Å². The molecule has 2 heterocycles. The number of hydrogen-bond acceptors (Lipinski definition) is 10. The van der Waals surface area contributed by atoms with Crippen LogP contribution in [0.4, 0.5) is 5.13 Å². The van der Waals surface area contributed by atoms with Crippen molar-refractivity contribution in [3.63, 3.8) is 0 Å². The molecule has 0 atom stereocenters. The van der Waals surface area contributed by atoms with E-state index in [1.165, 1.54) is 72.5 Å². The molecule has 0 N–H and O–H groups in total. The highest BCUT2D eigenvalue weighted by atomic mass is 32.2. The van der Waals surface area contributed by atoms with Crippen LogP contribution in [-0.4, -0.2) is 71.4 Å². The van der Waals surface area contributed by atoms with Gasteiger partial charge in [-0.25, -0.2) is 13.4 Å². The largest absolute Gasteiger partial charge is 0.497 e. The molecule has 0 aliphatic carbocycles. The van der Waals surface area contributed by atoms with E-state index in [0.29, 0.717) is 52.3 Å². The highest BCUT2D eigenvalue weighted by molar-refractivity contribution is 7.89. The average Bonchev–Trinajstić information content (AvgIpc) is 3.71. The van der Waals surface area contributed by atoms with Gasteiger partial charge in [0, 0.05) is 24.2 Å². The SMILES string of the molecule is COc1ccc2nc(N(/N=C/c3cc(OC)c(OC)c(OC)c3)C(=O)c3ccc(S(=O)(=O)N4CCCC4)cc3)sc2c1. The molecule has 1 fully saturated rings. The van der Waals surface area contributed by atoms with Crippen LogP contribution in [0, 0.1) is 0 Å². The van der Waals surface area contributed by atoms with Crippen LogP contribution in [-0.2, 0) is 10.0 Å². The summed E-state index contributed by atoms with van der Waals surface area (Å²) in [6.45, 7) is 0.990. The monoisotopic (exact) mass is 610 g/mol. The first kappa shape index (κ1) is 29.3. The van der Waals surface area contributed by atoms with E-state index >= 15 is 0 Å². The van der Waals surface area contributed by atoms with Crippen LogP contribution in [0.3, 0.4) is 0 Å². The molecular formula is C29H30N4O7S2. The second-order valence-electron chi connectivity index (χ2n) is 9.29. The molecular weight excluding hydrogens is 580 g/mol. The predicted octanol–water partition coefficient (Wildman–Crippen LogP) is 4.80. The third-order valence-electron chi connectivity index (χ3n) is 6.77. The molecule has 0 radical (unpaired) electrons. The quantitative estimate of drug-likeness (QED) is 0.186. The smallest absolute Gasteiger partial charge is 0.280 e. The Balaban J connectivity index is 1.53. The molecule has 1 aliphatic rings. The summed E-state index contributed by atoms with van der Waals surface area (Å²) in [5.74, 6) is 1.45. The van der Waals surface area contributed by atoms with Crippen LogP contribution >= 0.6 is 11.3 Å². The molecule has 5 rings (SSSR count). The van der Waals surface area contributed by atoms with Gasteiger partial charge in [0.25, 0.3) is 5.91 Å². The summed E-state index contributed by atoms with van der Waals surface area (Å²) in [5, 5.41) is 6.02. The molecule has 13 heteroatoms. The Bertz CT molecular complexity index is 1710. The summed E-state index contributed by atoms with van der Waals surface area (Å²) in [4.78, 5) is 18.6.